The van der Waals surface area contributed by atoms with Gasteiger partial charge in [0.1, 0.15) is 0 Å². The third-order valence-electron chi connectivity index (χ3n) is 6.62. The second-order valence-electron chi connectivity index (χ2n) is 8.81. The van der Waals surface area contributed by atoms with Crippen LogP contribution >= 0.6 is 24.0 Å². The summed E-state index contributed by atoms with van der Waals surface area (Å²) >= 11 is 0. The number of guanidine groups is 1. The van der Waals surface area contributed by atoms with Crippen LogP contribution in [0.25, 0.3) is 0 Å². The Morgan fingerprint density at radius 3 is 2.30 bits per heavy atom. The standard InChI is InChI=1S/C20H37N5O3S.HI/c1-21-20(22-14-16-8-12-25(13-9-16)29(2,27)28)23-18-10-11-24(15-18)19(26)17-6-4-3-5-7-17;/h16-18H,3-15H2,1-2H3,(H2,21,22,23);1H. The number of piperidine rings is 1. The molecule has 0 aromatic rings. The van der Waals surface area contributed by atoms with Crippen LogP contribution in [0.1, 0.15) is 51.4 Å². The fourth-order valence-electron chi connectivity index (χ4n) is 4.76. The van der Waals surface area contributed by atoms with E-state index in [-0.39, 0.29) is 35.9 Å². The van der Waals surface area contributed by atoms with Crippen LogP contribution in [0.3, 0.4) is 0 Å². The average Bonchev–Trinajstić information content (AvgIpc) is 3.19. The number of nitrogens with zero attached hydrogens (tertiary/aromatic N) is 3. The van der Waals surface area contributed by atoms with Gasteiger partial charge in [0, 0.05) is 51.7 Å². The summed E-state index contributed by atoms with van der Waals surface area (Å²) in [5.74, 6) is 1.79. The number of halogens is 1. The second-order valence-corrected chi connectivity index (χ2v) is 10.8. The minimum Gasteiger partial charge on any atom is -0.356 e. The van der Waals surface area contributed by atoms with Gasteiger partial charge in [-0.1, -0.05) is 19.3 Å². The number of sulfonamides is 1. The second kappa shape index (κ2) is 11.8. The molecule has 0 bridgehead atoms. The third kappa shape index (κ3) is 7.22. The molecule has 2 N–H and O–H groups in total. The van der Waals surface area contributed by atoms with E-state index in [9.17, 15) is 13.2 Å². The lowest BCUT2D eigenvalue weighted by Crippen LogP contribution is -2.47. The van der Waals surface area contributed by atoms with Crippen LogP contribution in [0.2, 0.25) is 0 Å². The Labute approximate surface area is 198 Å². The van der Waals surface area contributed by atoms with Crippen molar-refractivity contribution in [2.75, 3.05) is 46.0 Å². The molecule has 1 aliphatic carbocycles. The predicted molar refractivity (Wildman–Crippen MR) is 131 cm³/mol. The van der Waals surface area contributed by atoms with Gasteiger partial charge in [0.05, 0.1) is 6.26 Å². The van der Waals surface area contributed by atoms with E-state index in [0.717, 1.165) is 57.7 Å². The zero-order valence-corrected chi connectivity index (χ0v) is 21.5. The number of amides is 1. The van der Waals surface area contributed by atoms with Gasteiger partial charge in [-0.05, 0) is 38.0 Å². The molecule has 8 nitrogen and oxygen atoms in total. The van der Waals surface area contributed by atoms with Crippen molar-refractivity contribution in [1.29, 1.82) is 0 Å². The van der Waals surface area contributed by atoms with Gasteiger partial charge in [0.15, 0.2) is 5.96 Å². The van der Waals surface area contributed by atoms with Crippen LogP contribution in [-0.2, 0) is 14.8 Å². The monoisotopic (exact) mass is 555 g/mol. The Kier molecular flexibility index (Phi) is 10.1. The summed E-state index contributed by atoms with van der Waals surface area (Å²) in [5, 5.41) is 6.86. The molecule has 0 aromatic heterocycles. The minimum atomic E-state index is -3.08. The molecule has 174 valence electrons. The summed E-state index contributed by atoms with van der Waals surface area (Å²) in [6, 6.07) is 0.237. The molecule has 30 heavy (non-hydrogen) atoms. The van der Waals surface area contributed by atoms with Gasteiger partial charge in [-0.2, -0.15) is 0 Å². The van der Waals surface area contributed by atoms with E-state index < -0.39 is 10.0 Å². The first-order chi connectivity index (χ1) is 13.9. The highest BCUT2D eigenvalue weighted by Gasteiger charge is 2.32. The molecular formula is C20H38IN5O3S. The maximum Gasteiger partial charge on any atom is 0.225 e. The number of rotatable bonds is 5. The number of aliphatic imine (C=N–C) groups is 1. The Bertz CT molecular complexity index is 689. The normalized spacial score (nSPS) is 25.1. The minimum absolute atomic E-state index is 0. The number of carbonyl (C=O) groups is 1. The van der Waals surface area contributed by atoms with Gasteiger partial charge in [0.25, 0.3) is 0 Å². The van der Waals surface area contributed by atoms with Crippen molar-refractivity contribution in [3.8, 4) is 0 Å². The Balaban J connectivity index is 0.00000320. The van der Waals surface area contributed by atoms with Crippen molar-refractivity contribution in [2.45, 2.75) is 57.4 Å². The van der Waals surface area contributed by atoms with Crippen molar-refractivity contribution < 1.29 is 13.2 Å². The average molecular weight is 556 g/mol. The number of hydrogen-bond donors (Lipinski definition) is 2. The van der Waals surface area contributed by atoms with E-state index in [1.54, 1.807) is 11.4 Å². The van der Waals surface area contributed by atoms with Crippen molar-refractivity contribution in [2.24, 2.45) is 16.8 Å². The van der Waals surface area contributed by atoms with E-state index in [4.69, 9.17) is 0 Å². The van der Waals surface area contributed by atoms with Crippen molar-refractivity contribution in [1.82, 2.24) is 19.8 Å². The lowest BCUT2D eigenvalue weighted by Gasteiger charge is -2.30. The quantitative estimate of drug-likeness (QED) is 0.306. The maximum absolute atomic E-state index is 12.7. The van der Waals surface area contributed by atoms with Crippen molar-refractivity contribution >= 4 is 45.9 Å². The highest BCUT2D eigenvalue weighted by molar-refractivity contribution is 14.0. The van der Waals surface area contributed by atoms with E-state index in [1.165, 1.54) is 25.5 Å². The lowest BCUT2D eigenvalue weighted by molar-refractivity contribution is -0.135. The summed E-state index contributed by atoms with van der Waals surface area (Å²) in [4.78, 5) is 19.1. The zero-order chi connectivity index (χ0) is 20.9. The van der Waals surface area contributed by atoms with Gasteiger partial charge >= 0.3 is 0 Å². The molecule has 3 fully saturated rings. The number of likely N-dealkylation sites (tertiary alicyclic amines) is 1. The molecule has 1 amide bonds. The fraction of sp³-hybridized carbons (Fsp3) is 0.900. The fourth-order valence-corrected chi connectivity index (χ4v) is 5.63. The topological polar surface area (TPSA) is 94.1 Å². The Morgan fingerprint density at radius 2 is 1.70 bits per heavy atom. The van der Waals surface area contributed by atoms with Gasteiger partial charge in [-0.25, -0.2) is 12.7 Å². The summed E-state index contributed by atoms with van der Waals surface area (Å²) in [5.41, 5.74) is 0. The lowest BCUT2D eigenvalue weighted by atomic mass is 9.88. The van der Waals surface area contributed by atoms with Crippen LogP contribution in [-0.4, -0.2) is 81.6 Å². The van der Waals surface area contributed by atoms with Crippen LogP contribution in [0, 0.1) is 11.8 Å². The highest BCUT2D eigenvalue weighted by atomic mass is 127. The summed E-state index contributed by atoms with van der Waals surface area (Å²) in [6.07, 6.45) is 9.70. The number of carbonyl (C=O) groups excluding carboxylic acids is 1. The van der Waals surface area contributed by atoms with Crippen LogP contribution < -0.4 is 10.6 Å². The molecule has 1 unspecified atom stereocenters. The molecule has 1 saturated carbocycles. The van der Waals surface area contributed by atoms with Crippen molar-refractivity contribution in [3.63, 3.8) is 0 Å². The molecule has 1 atom stereocenters. The Morgan fingerprint density at radius 1 is 1.03 bits per heavy atom. The summed E-state index contributed by atoms with van der Waals surface area (Å²) in [6.45, 7) is 3.56. The molecule has 3 aliphatic rings. The molecule has 0 aromatic carbocycles. The first-order valence-corrected chi connectivity index (χ1v) is 12.9. The van der Waals surface area contributed by atoms with Crippen LogP contribution in [0.5, 0.6) is 0 Å². The number of hydrogen-bond acceptors (Lipinski definition) is 4. The zero-order valence-electron chi connectivity index (χ0n) is 18.3. The molecule has 3 rings (SSSR count). The summed E-state index contributed by atoms with van der Waals surface area (Å²) < 4.78 is 24.8. The van der Waals surface area contributed by atoms with Crippen molar-refractivity contribution in [3.05, 3.63) is 0 Å². The molecular weight excluding hydrogens is 517 g/mol. The van der Waals surface area contributed by atoms with Crippen LogP contribution in [0.15, 0.2) is 4.99 Å². The molecule has 2 saturated heterocycles. The van der Waals surface area contributed by atoms with Gasteiger partial charge in [-0.3, -0.25) is 9.79 Å². The molecule has 10 heteroatoms. The number of nitrogens with one attached hydrogen (secondary N) is 2. The van der Waals surface area contributed by atoms with E-state index >= 15 is 0 Å². The summed E-state index contributed by atoms with van der Waals surface area (Å²) in [7, 11) is -1.31. The van der Waals surface area contributed by atoms with Crippen LogP contribution in [0.4, 0.5) is 0 Å². The molecule has 2 heterocycles. The predicted octanol–water partition coefficient (Wildman–Crippen LogP) is 1.62. The Hall–Kier alpha value is -0.620. The van der Waals surface area contributed by atoms with E-state index in [1.807, 2.05) is 4.90 Å². The molecule has 0 spiro atoms. The highest BCUT2D eigenvalue weighted by Crippen LogP contribution is 2.26. The van der Waals surface area contributed by atoms with E-state index in [0.29, 0.717) is 24.9 Å². The largest absolute Gasteiger partial charge is 0.356 e. The smallest absolute Gasteiger partial charge is 0.225 e. The third-order valence-corrected chi connectivity index (χ3v) is 7.92. The van der Waals surface area contributed by atoms with Gasteiger partial charge in [-0.15, -0.1) is 24.0 Å². The first-order valence-electron chi connectivity index (χ1n) is 11.1. The molecule has 2 aliphatic heterocycles. The maximum atomic E-state index is 12.7. The molecule has 0 radical (unpaired) electrons. The van der Waals surface area contributed by atoms with Gasteiger partial charge < -0.3 is 15.5 Å². The first kappa shape index (κ1) is 25.6. The van der Waals surface area contributed by atoms with Gasteiger partial charge in [0.2, 0.25) is 15.9 Å². The van der Waals surface area contributed by atoms with E-state index in [2.05, 4.69) is 15.6 Å². The SMILES string of the molecule is CN=C(NCC1CCN(S(C)(=O)=O)CC1)NC1CCN(C(=O)C2CCCCC2)C1.I.